The molecule has 2 saturated heterocycles. The second-order valence-corrected chi connectivity index (χ2v) is 9.66. The summed E-state index contributed by atoms with van der Waals surface area (Å²) in [6, 6.07) is 5.48. The SMILES string of the molecule is CS(=O)(=O)N1C2CCC1CC(NC(=O)CCc1ccc(Cl)c(Cl)c1)C2. The highest BCUT2D eigenvalue weighted by molar-refractivity contribution is 7.88. The predicted octanol–water partition coefficient (Wildman–Crippen LogP) is 3.00. The van der Waals surface area contributed by atoms with Gasteiger partial charge in [0.2, 0.25) is 15.9 Å². The molecule has 1 N–H and O–H groups in total. The molecule has 0 spiro atoms. The van der Waals surface area contributed by atoms with Gasteiger partial charge < -0.3 is 5.32 Å². The van der Waals surface area contributed by atoms with Crippen LogP contribution < -0.4 is 5.32 Å². The molecule has 2 aliphatic rings. The molecule has 0 aromatic heterocycles. The summed E-state index contributed by atoms with van der Waals surface area (Å²) in [5.41, 5.74) is 0.969. The van der Waals surface area contributed by atoms with E-state index in [1.165, 1.54) is 6.26 Å². The van der Waals surface area contributed by atoms with Crippen LogP contribution in [0.2, 0.25) is 10.0 Å². The summed E-state index contributed by atoms with van der Waals surface area (Å²) in [5, 5.41) is 4.06. The average molecular weight is 405 g/mol. The Morgan fingerprint density at radius 1 is 1.20 bits per heavy atom. The van der Waals surface area contributed by atoms with Crippen LogP contribution in [0.3, 0.4) is 0 Å². The molecule has 0 radical (unpaired) electrons. The summed E-state index contributed by atoms with van der Waals surface area (Å²) in [5.74, 6) is -0.0109. The van der Waals surface area contributed by atoms with Crippen molar-refractivity contribution in [3.63, 3.8) is 0 Å². The first-order valence-corrected chi connectivity index (χ1v) is 11.1. The fourth-order valence-electron chi connectivity index (χ4n) is 4.05. The third-order valence-electron chi connectivity index (χ3n) is 5.04. The first-order valence-electron chi connectivity index (χ1n) is 8.46. The summed E-state index contributed by atoms with van der Waals surface area (Å²) in [7, 11) is -3.17. The number of piperidine rings is 1. The van der Waals surface area contributed by atoms with Crippen molar-refractivity contribution in [1.82, 2.24) is 9.62 Å². The zero-order valence-electron chi connectivity index (χ0n) is 14.0. The van der Waals surface area contributed by atoms with Gasteiger partial charge in [-0.25, -0.2) is 8.42 Å². The lowest BCUT2D eigenvalue weighted by atomic mass is 9.99. The van der Waals surface area contributed by atoms with Crippen LogP contribution in [0.4, 0.5) is 0 Å². The Labute approximate surface area is 158 Å². The van der Waals surface area contributed by atoms with E-state index in [9.17, 15) is 13.2 Å². The first kappa shape index (κ1) is 19.0. The summed E-state index contributed by atoms with van der Waals surface area (Å²) >= 11 is 11.9. The van der Waals surface area contributed by atoms with Gasteiger partial charge in [0.1, 0.15) is 0 Å². The maximum absolute atomic E-state index is 12.2. The Morgan fingerprint density at radius 2 is 1.84 bits per heavy atom. The standard InChI is InChI=1S/C17H22Cl2N2O3S/c1-25(23,24)21-13-4-5-14(21)10-12(9-13)20-17(22)7-3-11-2-6-15(18)16(19)8-11/h2,6,8,12-14H,3-5,7,9-10H2,1H3,(H,20,22). The number of carbonyl (C=O) groups excluding carboxylic acids is 1. The van der Waals surface area contributed by atoms with Crippen LogP contribution in [0.15, 0.2) is 18.2 Å². The molecule has 1 amide bonds. The number of rotatable bonds is 5. The highest BCUT2D eigenvalue weighted by atomic mass is 35.5. The summed E-state index contributed by atoms with van der Waals surface area (Å²) in [4.78, 5) is 12.2. The molecule has 138 valence electrons. The number of halogens is 2. The number of benzene rings is 1. The van der Waals surface area contributed by atoms with E-state index in [2.05, 4.69) is 5.32 Å². The quantitative estimate of drug-likeness (QED) is 0.819. The molecule has 1 aromatic rings. The highest BCUT2D eigenvalue weighted by Gasteiger charge is 2.45. The van der Waals surface area contributed by atoms with Crippen molar-refractivity contribution in [3.05, 3.63) is 33.8 Å². The minimum Gasteiger partial charge on any atom is -0.353 e. The van der Waals surface area contributed by atoms with Gasteiger partial charge >= 0.3 is 0 Å². The molecule has 2 fully saturated rings. The Bertz CT molecular complexity index is 755. The van der Waals surface area contributed by atoms with Crippen LogP contribution in [0, 0.1) is 0 Å². The van der Waals surface area contributed by atoms with Crippen molar-refractivity contribution >= 4 is 39.1 Å². The highest BCUT2D eigenvalue weighted by Crippen LogP contribution is 2.37. The molecule has 3 rings (SSSR count). The molecule has 8 heteroatoms. The van der Waals surface area contributed by atoms with Gasteiger partial charge in [0.05, 0.1) is 16.3 Å². The number of aryl methyl sites for hydroxylation is 1. The van der Waals surface area contributed by atoms with E-state index in [4.69, 9.17) is 23.2 Å². The number of carbonyl (C=O) groups is 1. The largest absolute Gasteiger partial charge is 0.353 e. The molecule has 2 aliphatic heterocycles. The van der Waals surface area contributed by atoms with Gasteiger partial charge in [-0.3, -0.25) is 4.79 Å². The molecule has 2 unspecified atom stereocenters. The Kier molecular flexibility index (Phi) is 5.63. The molecule has 2 bridgehead atoms. The minimum atomic E-state index is -3.17. The van der Waals surface area contributed by atoms with E-state index >= 15 is 0 Å². The maximum Gasteiger partial charge on any atom is 0.220 e. The van der Waals surface area contributed by atoms with Crippen molar-refractivity contribution in [2.75, 3.05) is 6.26 Å². The molecule has 1 aromatic carbocycles. The number of sulfonamides is 1. The minimum absolute atomic E-state index is 0.0109. The average Bonchev–Trinajstić information content (AvgIpc) is 2.81. The van der Waals surface area contributed by atoms with Gasteiger partial charge in [0.25, 0.3) is 0 Å². The Morgan fingerprint density at radius 3 is 2.40 bits per heavy atom. The van der Waals surface area contributed by atoms with Crippen molar-refractivity contribution in [2.45, 2.75) is 56.7 Å². The lowest BCUT2D eigenvalue weighted by Crippen LogP contribution is -2.52. The summed E-state index contributed by atoms with van der Waals surface area (Å²) in [6.07, 6.45) is 5.40. The third kappa shape index (κ3) is 4.48. The number of fused-ring (bicyclic) bond motifs is 2. The van der Waals surface area contributed by atoms with Crippen molar-refractivity contribution in [2.24, 2.45) is 0 Å². The third-order valence-corrected chi connectivity index (χ3v) is 7.14. The van der Waals surface area contributed by atoms with E-state index in [0.29, 0.717) is 35.7 Å². The molecule has 25 heavy (non-hydrogen) atoms. The van der Waals surface area contributed by atoms with Gasteiger partial charge in [0, 0.05) is 24.5 Å². The van der Waals surface area contributed by atoms with Crippen molar-refractivity contribution in [1.29, 1.82) is 0 Å². The van der Waals surface area contributed by atoms with Gasteiger partial charge in [-0.15, -0.1) is 0 Å². The topological polar surface area (TPSA) is 66.5 Å². The number of amides is 1. The Balaban J connectivity index is 1.52. The molecule has 2 atom stereocenters. The van der Waals surface area contributed by atoms with Gasteiger partial charge in [0.15, 0.2) is 0 Å². The first-order chi connectivity index (χ1) is 11.7. The van der Waals surface area contributed by atoms with Crippen LogP contribution in [-0.2, 0) is 21.2 Å². The molecule has 5 nitrogen and oxygen atoms in total. The van der Waals surface area contributed by atoms with Gasteiger partial charge in [-0.1, -0.05) is 29.3 Å². The fourth-order valence-corrected chi connectivity index (χ4v) is 5.83. The van der Waals surface area contributed by atoms with E-state index < -0.39 is 10.0 Å². The number of nitrogens with zero attached hydrogens (tertiary/aromatic N) is 1. The number of nitrogens with one attached hydrogen (secondary N) is 1. The fraction of sp³-hybridized carbons (Fsp3) is 0.588. The van der Waals surface area contributed by atoms with E-state index in [1.54, 1.807) is 16.4 Å². The summed E-state index contributed by atoms with van der Waals surface area (Å²) in [6.45, 7) is 0. The molecule has 0 saturated carbocycles. The zero-order valence-corrected chi connectivity index (χ0v) is 16.4. The summed E-state index contributed by atoms with van der Waals surface area (Å²) < 4.78 is 25.5. The predicted molar refractivity (Wildman–Crippen MR) is 99.4 cm³/mol. The number of hydrogen-bond donors (Lipinski definition) is 1. The molecular weight excluding hydrogens is 383 g/mol. The Hall–Kier alpha value is -0.820. The smallest absolute Gasteiger partial charge is 0.220 e. The normalized spacial score (nSPS) is 26.6. The molecule has 2 heterocycles. The van der Waals surface area contributed by atoms with E-state index in [0.717, 1.165) is 18.4 Å². The molecular formula is C17H22Cl2N2O3S. The van der Waals surface area contributed by atoms with Crippen molar-refractivity contribution < 1.29 is 13.2 Å². The lowest BCUT2D eigenvalue weighted by molar-refractivity contribution is -0.122. The second kappa shape index (κ2) is 7.43. The number of hydrogen-bond acceptors (Lipinski definition) is 3. The second-order valence-electron chi connectivity index (χ2n) is 6.96. The van der Waals surface area contributed by atoms with E-state index in [1.807, 2.05) is 6.07 Å². The van der Waals surface area contributed by atoms with Crippen LogP contribution in [0.25, 0.3) is 0 Å². The zero-order chi connectivity index (χ0) is 18.2. The van der Waals surface area contributed by atoms with E-state index in [-0.39, 0.29) is 24.0 Å². The van der Waals surface area contributed by atoms with Crippen LogP contribution in [0.1, 0.15) is 37.7 Å². The van der Waals surface area contributed by atoms with Crippen LogP contribution in [-0.4, -0.2) is 43.0 Å². The molecule has 0 aliphatic carbocycles. The monoisotopic (exact) mass is 404 g/mol. The van der Waals surface area contributed by atoms with Gasteiger partial charge in [-0.2, -0.15) is 4.31 Å². The van der Waals surface area contributed by atoms with Crippen molar-refractivity contribution in [3.8, 4) is 0 Å². The van der Waals surface area contributed by atoms with Crippen LogP contribution >= 0.6 is 23.2 Å². The maximum atomic E-state index is 12.2. The van der Waals surface area contributed by atoms with Crippen LogP contribution in [0.5, 0.6) is 0 Å². The van der Waals surface area contributed by atoms with Gasteiger partial charge in [-0.05, 0) is 49.8 Å². The lowest BCUT2D eigenvalue weighted by Gasteiger charge is -2.37.